The third-order valence-corrected chi connectivity index (χ3v) is 7.85. The Hall–Kier alpha value is -4.02. The van der Waals surface area contributed by atoms with Crippen LogP contribution in [0.1, 0.15) is 28.9 Å². The standard InChI is InChI=1S/C29H35N5O4Si/c1-39(2,3)16-15-38-21-33-19-24(18-30-33)22-9-7-10-23(17-22)28(37)32-29-31-25(11-8-14-27(35)36)20-34(29)26-12-5-4-6-13-26/h4-7,9-10,12-13,17-20H,8,11,14-16,21H2,1-3H3,(H,35,36)(H,31,32,37). The van der Waals surface area contributed by atoms with Gasteiger partial charge in [0.25, 0.3) is 5.91 Å². The van der Waals surface area contributed by atoms with Gasteiger partial charge in [0.15, 0.2) is 0 Å². The molecular weight excluding hydrogens is 510 g/mol. The molecule has 0 atom stereocenters. The zero-order valence-electron chi connectivity index (χ0n) is 22.6. The van der Waals surface area contributed by atoms with E-state index in [0.29, 0.717) is 36.8 Å². The largest absolute Gasteiger partial charge is 0.481 e. The topological polar surface area (TPSA) is 111 Å². The second kappa shape index (κ2) is 12.7. The van der Waals surface area contributed by atoms with Crippen LogP contribution in [-0.4, -0.2) is 51.0 Å². The molecule has 4 aromatic rings. The number of imidazole rings is 1. The van der Waals surface area contributed by atoms with Gasteiger partial charge in [0, 0.05) is 50.3 Å². The number of benzene rings is 2. The van der Waals surface area contributed by atoms with Crippen molar-refractivity contribution in [2.75, 3.05) is 11.9 Å². The quantitative estimate of drug-likeness (QED) is 0.164. The monoisotopic (exact) mass is 545 g/mol. The molecule has 0 unspecified atom stereocenters. The van der Waals surface area contributed by atoms with Gasteiger partial charge in [0.2, 0.25) is 5.95 Å². The Labute approximate surface area is 229 Å². The van der Waals surface area contributed by atoms with Gasteiger partial charge in [-0.1, -0.05) is 50.0 Å². The molecule has 1 amide bonds. The Kier molecular flexibility index (Phi) is 9.10. The van der Waals surface area contributed by atoms with E-state index in [1.807, 2.05) is 65.5 Å². The molecule has 2 aromatic carbocycles. The van der Waals surface area contributed by atoms with Crippen molar-refractivity contribution in [2.24, 2.45) is 0 Å². The van der Waals surface area contributed by atoms with Gasteiger partial charge in [0.05, 0.1) is 11.9 Å². The number of para-hydroxylation sites is 1. The maximum absolute atomic E-state index is 13.3. The molecule has 0 fully saturated rings. The van der Waals surface area contributed by atoms with Crippen LogP contribution in [0.15, 0.2) is 73.2 Å². The number of carbonyl (C=O) groups excluding carboxylic acids is 1. The molecule has 0 saturated carbocycles. The van der Waals surface area contributed by atoms with Crippen LogP contribution in [0.2, 0.25) is 25.7 Å². The molecule has 0 aliphatic heterocycles. The summed E-state index contributed by atoms with van der Waals surface area (Å²) in [5.41, 5.74) is 3.81. The number of hydrogen-bond donors (Lipinski definition) is 2. The number of ether oxygens (including phenoxy) is 1. The van der Waals surface area contributed by atoms with E-state index >= 15 is 0 Å². The van der Waals surface area contributed by atoms with Crippen LogP contribution in [0.4, 0.5) is 5.95 Å². The van der Waals surface area contributed by atoms with E-state index in [1.165, 1.54) is 0 Å². The number of aromatic nitrogens is 4. The predicted molar refractivity (Wildman–Crippen MR) is 154 cm³/mol. The van der Waals surface area contributed by atoms with Gasteiger partial charge >= 0.3 is 5.97 Å². The van der Waals surface area contributed by atoms with Crippen molar-refractivity contribution in [3.05, 3.63) is 84.4 Å². The van der Waals surface area contributed by atoms with Crippen LogP contribution in [0.5, 0.6) is 0 Å². The van der Waals surface area contributed by atoms with Gasteiger partial charge in [-0.05, 0) is 48.7 Å². The lowest BCUT2D eigenvalue weighted by molar-refractivity contribution is -0.137. The van der Waals surface area contributed by atoms with Crippen molar-refractivity contribution in [3.8, 4) is 16.8 Å². The highest BCUT2D eigenvalue weighted by Gasteiger charge is 2.16. The Morgan fingerprint density at radius 2 is 1.82 bits per heavy atom. The van der Waals surface area contributed by atoms with Crippen molar-refractivity contribution >= 4 is 25.9 Å². The molecule has 2 N–H and O–H groups in total. The molecule has 0 aliphatic carbocycles. The van der Waals surface area contributed by atoms with Crippen LogP contribution in [0.3, 0.4) is 0 Å². The summed E-state index contributed by atoms with van der Waals surface area (Å²) in [6, 6.07) is 18.0. The predicted octanol–water partition coefficient (Wildman–Crippen LogP) is 5.71. The van der Waals surface area contributed by atoms with Crippen molar-refractivity contribution in [1.82, 2.24) is 19.3 Å². The number of aryl methyl sites for hydroxylation is 1. The summed E-state index contributed by atoms with van der Waals surface area (Å²) in [6.07, 6.45) is 6.54. The Morgan fingerprint density at radius 1 is 1.03 bits per heavy atom. The fourth-order valence-electron chi connectivity index (χ4n) is 3.98. The lowest BCUT2D eigenvalue weighted by atomic mass is 10.1. The molecular formula is C29H35N5O4Si. The molecule has 9 nitrogen and oxygen atoms in total. The molecule has 0 spiro atoms. The summed E-state index contributed by atoms with van der Waals surface area (Å²) in [4.78, 5) is 28.8. The first-order valence-electron chi connectivity index (χ1n) is 13.1. The average molecular weight is 546 g/mol. The third-order valence-electron chi connectivity index (χ3n) is 6.15. The minimum atomic E-state index is -1.14. The smallest absolute Gasteiger partial charge is 0.303 e. The molecule has 0 saturated heterocycles. The number of nitrogens with one attached hydrogen (secondary N) is 1. The van der Waals surface area contributed by atoms with Crippen molar-refractivity contribution < 1.29 is 19.4 Å². The molecule has 4 rings (SSSR count). The fraction of sp³-hybridized carbons (Fsp3) is 0.310. The first-order valence-corrected chi connectivity index (χ1v) is 16.8. The van der Waals surface area contributed by atoms with E-state index in [4.69, 9.17) is 9.84 Å². The Morgan fingerprint density at radius 3 is 2.56 bits per heavy atom. The number of carboxylic acids is 1. The van der Waals surface area contributed by atoms with Gasteiger partial charge in [-0.2, -0.15) is 5.10 Å². The highest BCUT2D eigenvalue weighted by molar-refractivity contribution is 6.76. The van der Waals surface area contributed by atoms with Gasteiger partial charge in [-0.3, -0.25) is 19.5 Å². The second-order valence-electron chi connectivity index (χ2n) is 10.7. The van der Waals surface area contributed by atoms with E-state index in [2.05, 4.69) is 35.0 Å². The maximum atomic E-state index is 13.3. The van der Waals surface area contributed by atoms with Crippen molar-refractivity contribution in [2.45, 2.75) is 51.7 Å². The highest BCUT2D eigenvalue weighted by atomic mass is 28.3. The lowest BCUT2D eigenvalue weighted by Gasteiger charge is -2.15. The Bertz CT molecular complexity index is 1410. The fourth-order valence-corrected chi connectivity index (χ4v) is 4.73. The minimum absolute atomic E-state index is 0.0634. The number of hydrogen-bond acceptors (Lipinski definition) is 5. The molecule has 0 radical (unpaired) electrons. The Balaban J connectivity index is 1.47. The van der Waals surface area contributed by atoms with E-state index in [9.17, 15) is 9.59 Å². The molecule has 204 valence electrons. The van der Waals surface area contributed by atoms with Crippen LogP contribution in [-0.2, 0) is 22.7 Å². The number of nitrogens with zero attached hydrogens (tertiary/aromatic N) is 4. The number of anilines is 1. The first-order chi connectivity index (χ1) is 18.7. The summed E-state index contributed by atoms with van der Waals surface area (Å²) in [5, 5.41) is 16.3. The van der Waals surface area contributed by atoms with Gasteiger partial charge < -0.3 is 9.84 Å². The second-order valence-corrected chi connectivity index (χ2v) is 16.3. The molecule has 2 heterocycles. The first kappa shape index (κ1) is 28.0. The van der Waals surface area contributed by atoms with Crippen LogP contribution in [0, 0.1) is 0 Å². The SMILES string of the molecule is C[Si](C)(C)CCOCn1cc(-c2cccc(C(=O)Nc3nc(CCCC(=O)O)cn3-c3ccccc3)c2)cn1. The summed E-state index contributed by atoms with van der Waals surface area (Å²) in [5.74, 6) is -0.755. The van der Waals surface area contributed by atoms with Crippen LogP contribution >= 0.6 is 0 Å². The molecule has 39 heavy (non-hydrogen) atoms. The number of aliphatic carboxylic acids is 1. The number of carbonyl (C=O) groups is 2. The number of carboxylic acid groups (broad SMARTS) is 1. The van der Waals surface area contributed by atoms with E-state index in [0.717, 1.165) is 29.5 Å². The third kappa shape index (κ3) is 8.23. The molecule has 2 aromatic heterocycles. The zero-order valence-corrected chi connectivity index (χ0v) is 23.6. The summed E-state index contributed by atoms with van der Waals surface area (Å²) in [7, 11) is -1.14. The van der Waals surface area contributed by atoms with E-state index in [1.54, 1.807) is 16.9 Å². The van der Waals surface area contributed by atoms with Crippen LogP contribution < -0.4 is 5.32 Å². The summed E-state index contributed by atoms with van der Waals surface area (Å²) >= 11 is 0. The molecule has 0 aliphatic rings. The average Bonchev–Trinajstić information content (AvgIpc) is 3.54. The highest BCUT2D eigenvalue weighted by Crippen LogP contribution is 2.22. The molecule has 0 bridgehead atoms. The maximum Gasteiger partial charge on any atom is 0.303 e. The van der Waals surface area contributed by atoms with Gasteiger partial charge in [0.1, 0.15) is 6.73 Å². The van der Waals surface area contributed by atoms with Gasteiger partial charge in [-0.25, -0.2) is 9.67 Å². The minimum Gasteiger partial charge on any atom is -0.481 e. The van der Waals surface area contributed by atoms with Crippen LogP contribution in [0.25, 0.3) is 16.8 Å². The van der Waals surface area contributed by atoms with E-state index < -0.39 is 14.0 Å². The number of rotatable bonds is 13. The van der Waals surface area contributed by atoms with Crippen molar-refractivity contribution in [3.63, 3.8) is 0 Å². The van der Waals surface area contributed by atoms with Crippen molar-refractivity contribution in [1.29, 1.82) is 0 Å². The van der Waals surface area contributed by atoms with Gasteiger partial charge in [-0.15, -0.1) is 0 Å². The lowest BCUT2D eigenvalue weighted by Crippen LogP contribution is -2.22. The molecule has 10 heteroatoms. The normalized spacial score (nSPS) is 11.5. The van der Waals surface area contributed by atoms with E-state index in [-0.39, 0.29) is 12.3 Å². The summed E-state index contributed by atoms with van der Waals surface area (Å²) in [6.45, 7) is 8.08. The number of amides is 1. The zero-order chi connectivity index (χ0) is 27.8. The summed E-state index contributed by atoms with van der Waals surface area (Å²) < 4.78 is 9.36.